The van der Waals surface area contributed by atoms with Crippen LogP contribution in [0.1, 0.15) is 175 Å². The fraction of sp³-hybridized carbons (Fsp3) is 0.968. The lowest BCUT2D eigenvalue weighted by atomic mass is 9.91. The van der Waals surface area contributed by atoms with Crippen molar-refractivity contribution in [3.63, 3.8) is 0 Å². The summed E-state index contributed by atoms with van der Waals surface area (Å²) in [7, 11) is 0. The first-order valence-corrected chi connectivity index (χ1v) is 15.4. The average Bonchev–Trinajstić information content (AvgIpc) is 2.81. The van der Waals surface area contributed by atoms with Crippen molar-refractivity contribution in [2.45, 2.75) is 182 Å². The van der Waals surface area contributed by atoms with E-state index in [9.17, 15) is 4.79 Å². The molecule has 2 atom stereocenters. The van der Waals surface area contributed by atoms with Crippen LogP contribution >= 0.6 is 0 Å². The second kappa shape index (κ2) is 27.0. The number of ether oxygens (including phenoxy) is 2. The Balaban J connectivity index is 4.13. The number of carbonyl (C=O) groups is 1. The minimum Gasteiger partial charge on any atom is -0.436 e. The zero-order valence-electron chi connectivity index (χ0n) is 23.9. The normalized spacial score (nSPS) is 13.2. The third kappa shape index (κ3) is 24.6. The molecule has 0 spiro atoms. The molecule has 34 heavy (non-hydrogen) atoms. The standard InChI is InChI=1S/C31H62O3/c1-5-8-11-13-15-17-18-20-22-24-26-30(25-23-21-19-16-14-12-9-6-2)28-31(32)34-29(4)33-27-10-7-3/h29-30H,5-28H2,1-4H3. The van der Waals surface area contributed by atoms with Gasteiger partial charge in [-0.05, 0) is 32.1 Å². The molecule has 204 valence electrons. The second-order valence-corrected chi connectivity index (χ2v) is 10.6. The van der Waals surface area contributed by atoms with Gasteiger partial charge in [-0.15, -0.1) is 0 Å². The first-order chi connectivity index (χ1) is 16.6. The van der Waals surface area contributed by atoms with E-state index in [1.807, 2.05) is 6.92 Å². The highest BCUT2D eigenvalue weighted by Crippen LogP contribution is 2.23. The summed E-state index contributed by atoms with van der Waals surface area (Å²) in [5.74, 6) is 0.408. The molecule has 0 N–H and O–H groups in total. The minimum atomic E-state index is -0.417. The summed E-state index contributed by atoms with van der Waals surface area (Å²) in [6.07, 6.45) is 29.0. The quantitative estimate of drug-likeness (QED) is 0.0663. The summed E-state index contributed by atoms with van der Waals surface area (Å²) in [4.78, 5) is 12.5. The highest BCUT2D eigenvalue weighted by Gasteiger charge is 2.17. The molecule has 0 fully saturated rings. The molecular weight excluding hydrogens is 420 g/mol. The maximum atomic E-state index is 12.5. The molecule has 0 radical (unpaired) electrons. The van der Waals surface area contributed by atoms with Crippen LogP contribution in [0.25, 0.3) is 0 Å². The lowest BCUT2D eigenvalue weighted by molar-refractivity contribution is -0.176. The Morgan fingerprint density at radius 1 is 0.559 bits per heavy atom. The summed E-state index contributed by atoms with van der Waals surface area (Å²) < 4.78 is 11.2. The summed E-state index contributed by atoms with van der Waals surface area (Å²) in [6, 6.07) is 0. The molecule has 3 heteroatoms. The Morgan fingerprint density at radius 2 is 0.941 bits per heavy atom. The van der Waals surface area contributed by atoms with E-state index < -0.39 is 6.29 Å². The van der Waals surface area contributed by atoms with Crippen LogP contribution in [0.4, 0.5) is 0 Å². The van der Waals surface area contributed by atoms with Crippen LogP contribution < -0.4 is 0 Å². The third-order valence-corrected chi connectivity index (χ3v) is 7.04. The fourth-order valence-electron chi connectivity index (χ4n) is 4.73. The first-order valence-electron chi connectivity index (χ1n) is 15.4. The number of carbonyl (C=O) groups excluding carboxylic acids is 1. The lowest BCUT2D eigenvalue weighted by Crippen LogP contribution is -2.21. The van der Waals surface area contributed by atoms with E-state index in [1.165, 1.54) is 128 Å². The van der Waals surface area contributed by atoms with Crippen LogP contribution in [0, 0.1) is 5.92 Å². The van der Waals surface area contributed by atoms with Gasteiger partial charge >= 0.3 is 5.97 Å². The zero-order valence-corrected chi connectivity index (χ0v) is 23.9. The molecule has 0 saturated heterocycles. The van der Waals surface area contributed by atoms with Gasteiger partial charge in [-0.2, -0.15) is 0 Å². The molecule has 0 heterocycles. The summed E-state index contributed by atoms with van der Waals surface area (Å²) in [6.45, 7) is 9.22. The van der Waals surface area contributed by atoms with Gasteiger partial charge in [-0.1, -0.05) is 143 Å². The van der Waals surface area contributed by atoms with Gasteiger partial charge in [0.2, 0.25) is 0 Å². The van der Waals surface area contributed by atoms with Crippen molar-refractivity contribution in [3.05, 3.63) is 0 Å². The summed E-state index contributed by atoms with van der Waals surface area (Å²) in [5.41, 5.74) is 0. The second-order valence-electron chi connectivity index (χ2n) is 10.6. The Bertz CT molecular complexity index is 409. The molecule has 0 rings (SSSR count). The van der Waals surface area contributed by atoms with E-state index in [2.05, 4.69) is 20.8 Å². The topological polar surface area (TPSA) is 35.5 Å². The molecule has 0 aromatic heterocycles. The van der Waals surface area contributed by atoms with Crippen molar-refractivity contribution in [1.29, 1.82) is 0 Å². The van der Waals surface area contributed by atoms with Gasteiger partial charge in [0, 0.05) is 6.42 Å². The SMILES string of the molecule is CCCCCCCCCCCCC(CCCCCCCCCC)CC(=O)OC(C)OCCCC. The van der Waals surface area contributed by atoms with E-state index >= 15 is 0 Å². The largest absolute Gasteiger partial charge is 0.436 e. The number of hydrogen-bond acceptors (Lipinski definition) is 3. The fourth-order valence-corrected chi connectivity index (χ4v) is 4.73. The average molecular weight is 483 g/mol. The van der Waals surface area contributed by atoms with E-state index in [0.29, 0.717) is 18.9 Å². The van der Waals surface area contributed by atoms with Crippen molar-refractivity contribution in [3.8, 4) is 0 Å². The molecule has 0 aliphatic rings. The molecule has 2 unspecified atom stereocenters. The van der Waals surface area contributed by atoms with Gasteiger partial charge < -0.3 is 9.47 Å². The van der Waals surface area contributed by atoms with E-state index in [0.717, 1.165) is 12.8 Å². The van der Waals surface area contributed by atoms with Crippen LogP contribution in [-0.4, -0.2) is 18.9 Å². The van der Waals surface area contributed by atoms with Crippen LogP contribution in [0.5, 0.6) is 0 Å². The Kier molecular flexibility index (Phi) is 26.6. The monoisotopic (exact) mass is 482 g/mol. The molecule has 0 amide bonds. The van der Waals surface area contributed by atoms with Gasteiger partial charge in [0.25, 0.3) is 0 Å². The van der Waals surface area contributed by atoms with Crippen molar-refractivity contribution < 1.29 is 14.3 Å². The number of rotatable bonds is 27. The molecule has 0 aromatic carbocycles. The van der Waals surface area contributed by atoms with Gasteiger partial charge in [0.15, 0.2) is 6.29 Å². The number of hydrogen-bond donors (Lipinski definition) is 0. The first kappa shape index (κ1) is 33.4. The van der Waals surface area contributed by atoms with Crippen molar-refractivity contribution in [1.82, 2.24) is 0 Å². The Morgan fingerprint density at radius 3 is 1.35 bits per heavy atom. The van der Waals surface area contributed by atoms with Gasteiger partial charge in [-0.3, -0.25) is 4.79 Å². The lowest BCUT2D eigenvalue weighted by Gasteiger charge is -2.19. The zero-order chi connectivity index (χ0) is 25.1. The van der Waals surface area contributed by atoms with Crippen LogP contribution in [0.15, 0.2) is 0 Å². The third-order valence-electron chi connectivity index (χ3n) is 7.04. The van der Waals surface area contributed by atoms with E-state index in [-0.39, 0.29) is 5.97 Å². The van der Waals surface area contributed by atoms with Crippen LogP contribution in [-0.2, 0) is 14.3 Å². The molecule has 0 aliphatic carbocycles. The summed E-state index contributed by atoms with van der Waals surface area (Å²) >= 11 is 0. The predicted octanol–water partition coefficient (Wildman–Crippen LogP) is 10.5. The van der Waals surface area contributed by atoms with Gasteiger partial charge in [0.1, 0.15) is 0 Å². The van der Waals surface area contributed by atoms with Crippen molar-refractivity contribution >= 4 is 5.97 Å². The van der Waals surface area contributed by atoms with E-state index in [4.69, 9.17) is 9.47 Å². The Labute approximate surface area is 214 Å². The maximum Gasteiger partial charge on any atom is 0.308 e. The number of esters is 1. The van der Waals surface area contributed by atoms with Gasteiger partial charge in [-0.25, -0.2) is 0 Å². The maximum absolute atomic E-state index is 12.5. The van der Waals surface area contributed by atoms with Crippen LogP contribution in [0.2, 0.25) is 0 Å². The van der Waals surface area contributed by atoms with E-state index in [1.54, 1.807) is 0 Å². The summed E-state index contributed by atoms with van der Waals surface area (Å²) in [5, 5.41) is 0. The minimum absolute atomic E-state index is 0.0688. The predicted molar refractivity (Wildman–Crippen MR) is 148 cm³/mol. The van der Waals surface area contributed by atoms with Gasteiger partial charge in [0.05, 0.1) is 6.61 Å². The Hall–Kier alpha value is -0.570. The molecule has 0 bridgehead atoms. The number of unbranched alkanes of at least 4 members (excludes halogenated alkanes) is 17. The smallest absolute Gasteiger partial charge is 0.308 e. The highest BCUT2D eigenvalue weighted by atomic mass is 16.7. The molecule has 3 nitrogen and oxygen atoms in total. The highest BCUT2D eigenvalue weighted by molar-refractivity contribution is 5.69. The molecule has 0 saturated carbocycles. The molecular formula is C31H62O3. The van der Waals surface area contributed by atoms with Crippen molar-refractivity contribution in [2.24, 2.45) is 5.92 Å². The molecule has 0 aromatic rings. The molecule has 0 aliphatic heterocycles. The van der Waals surface area contributed by atoms with Crippen molar-refractivity contribution in [2.75, 3.05) is 6.61 Å². The van der Waals surface area contributed by atoms with Crippen LogP contribution in [0.3, 0.4) is 0 Å².